The van der Waals surface area contributed by atoms with Crippen molar-refractivity contribution in [1.29, 1.82) is 0 Å². The molecule has 0 amide bonds. The van der Waals surface area contributed by atoms with Gasteiger partial charge < -0.3 is 12.2 Å². The smallest absolute Gasteiger partial charge is 0 e. The molecule has 0 saturated carbocycles. The third-order valence-corrected chi connectivity index (χ3v) is 0.903. The van der Waals surface area contributed by atoms with E-state index in [1.165, 1.54) is 0 Å². The van der Waals surface area contributed by atoms with Crippen LogP contribution < -0.4 is 0 Å². The van der Waals surface area contributed by atoms with Crippen LogP contribution in [0.15, 0.2) is 11.1 Å². The zero-order valence-corrected chi connectivity index (χ0v) is 9.32. The summed E-state index contributed by atoms with van der Waals surface area (Å²) in [5.74, 6) is 0. The second kappa shape index (κ2) is 8.51. The van der Waals surface area contributed by atoms with E-state index in [1.807, 2.05) is 13.8 Å². The van der Waals surface area contributed by atoms with Crippen LogP contribution in [0, 0.1) is 7.43 Å². The summed E-state index contributed by atoms with van der Waals surface area (Å²) in [5, 5.41) is 0. The van der Waals surface area contributed by atoms with Gasteiger partial charge in [0.25, 0.3) is 0 Å². The van der Waals surface area contributed by atoms with Crippen molar-refractivity contribution in [3.63, 3.8) is 0 Å². The van der Waals surface area contributed by atoms with E-state index in [2.05, 4.69) is 0 Å². The summed E-state index contributed by atoms with van der Waals surface area (Å²) in [6, 6.07) is 0. The van der Waals surface area contributed by atoms with E-state index in [4.69, 9.17) is 0 Å². The van der Waals surface area contributed by atoms with Crippen molar-refractivity contribution in [2.24, 2.45) is 0 Å². The van der Waals surface area contributed by atoms with E-state index < -0.39 is 0 Å². The molecule has 0 aromatic heterocycles. The van der Waals surface area contributed by atoms with Crippen molar-refractivity contribution in [3.05, 3.63) is 18.6 Å². The van der Waals surface area contributed by atoms with Gasteiger partial charge in [-0.25, -0.2) is 5.57 Å². The minimum atomic E-state index is 0. The minimum absolute atomic E-state index is 0. The Bertz CT molecular complexity index is 101. The summed E-state index contributed by atoms with van der Waals surface area (Å²) >= 11 is 0. The van der Waals surface area contributed by atoms with Gasteiger partial charge >= 0.3 is 0 Å². The van der Waals surface area contributed by atoms with E-state index in [9.17, 15) is 4.79 Å². The van der Waals surface area contributed by atoms with Crippen LogP contribution in [0.5, 0.6) is 0 Å². The predicted molar refractivity (Wildman–Crippen MR) is 36.2 cm³/mol. The largest absolute Gasteiger partial charge is 0.419 e. The Morgan fingerprint density at radius 1 is 1.22 bits per heavy atom. The molecule has 9 heavy (non-hydrogen) atoms. The van der Waals surface area contributed by atoms with Crippen LogP contribution in [0.4, 0.5) is 0 Å². The summed E-state index contributed by atoms with van der Waals surface area (Å²) in [7, 11) is 0. The van der Waals surface area contributed by atoms with Crippen molar-refractivity contribution < 1.29 is 37.5 Å². The van der Waals surface area contributed by atoms with Gasteiger partial charge in [-0.15, -0.1) is 13.8 Å². The first-order valence-corrected chi connectivity index (χ1v) is 2.20. The molecular formula is C7H12OY-2. The zero-order chi connectivity index (χ0) is 5.86. The van der Waals surface area contributed by atoms with Crippen LogP contribution in [0.1, 0.15) is 20.8 Å². The first-order valence-electron chi connectivity index (χ1n) is 2.20. The number of rotatable bonds is 1. The van der Waals surface area contributed by atoms with Crippen LogP contribution in [-0.2, 0) is 37.5 Å². The van der Waals surface area contributed by atoms with Crippen LogP contribution in [0.25, 0.3) is 0 Å². The number of hydrogen-bond donors (Lipinski definition) is 0. The standard InChI is InChI=1S/C6H9O.CH3.Y/c1-5(2)6(3)4-7;;/h1-3H3;1H3;/q2*-1;. The van der Waals surface area contributed by atoms with Gasteiger partial charge in [-0.05, 0) is 6.29 Å². The van der Waals surface area contributed by atoms with Gasteiger partial charge in [0.2, 0.25) is 0 Å². The Hall–Kier alpha value is 0.514. The number of allylic oxidation sites excluding steroid dienone is 2. The van der Waals surface area contributed by atoms with Gasteiger partial charge in [0.15, 0.2) is 0 Å². The van der Waals surface area contributed by atoms with Crippen LogP contribution in [-0.4, -0.2) is 6.29 Å². The zero-order valence-electron chi connectivity index (χ0n) is 6.49. The summed E-state index contributed by atoms with van der Waals surface area (Å²) < 4.78 is 0. The SMILES string of the molecule is CC(C)=C(C)[C-]=O.[CH3-].[Y]. The van der Waals surface area contributed by atoms with Gasteiger partial charge in [-0.3, -0.25) is 0 Å². The van der Waals surface area contributed by atoms with Gasteiger partial charge in [-0.1, -0.05) is 6.92 Å². The monoisotopic (exact) mass is 201 g/mol. The molecule has 1 nitrogen and oxygen atoms in total. The molecule has 0 atom stereocenters. The fraction of sp³-hybridized carbons (Fsp3) is 0.429. The quantitative estimate of drug-likeness (QED) is 0.467. The third-order valence-electron chi connectivity index (χ3n) is 0.903. The predicted octanol–water partition coefficient (Wildman–Crippen LogP) is 1.90. The molecule has 1 radical (unpaired) electrons. The molecule has 2 heteroatoms. The number of hydrogen-bond acceptors (Lipinski definition) is 1. The molecule has 0 aromatic carbocycles. The molecule has 0 unspecified atom stereocenters. The molecule has 0 rings (SSSR count). The van der Waals surface area contributed by atoms with Gasteiger partial charge in [0.1, 0.15) is 0 Å². The molecular weight excluding hydrogens is 189 g/mol. The maximum Gasteiger partial charge on any atom is 0 e. The molecule has 51 valence electrons. The molecule has 0 aliphatic carbocycles. The van der Waals surface area contributed by atoms with E-state index in [0.29, 0.717) is 5.57 Å². The molecule has 0 aromatic rings. The topological polar surface area (TPSA) is 17.1 Å². The summed E-state index contributed by atoms with van der Waals surface area (Å²) in [5.41, 5.74) is 1.75. The first kappa shape index (κ1) is 16.3. The van der Waals surface area contributed by atoms with Gasteiger partial charge in [0, 0.05) is 32.7 Å². The Labute approximate surface area is 82.8 Å². The van der Waals surface area contributed by atoms with E-state index in [0.717, 1.165) is 5.57 Å². The van der Waals surface area contributed by atoms with Crippen molar-refractivity contribution in [2.75, 3.05) is 0 Å². The second-order valence-electron chi connectivity index (χ2n) is 1.73. The maximum atomic E-state index is 9.76. The van der Waals surface area contributed by atoms with Crippen LogP contribution in [0.2, 0.25) is 0 Å². The van der Waals surface area contributed by atoms with Crippen molar-refractivity contribution in [2.45, 2.75) is 20.8 Å². The molecule has 0 heterocycles. The molecule has 0 aliphatic heterocycles. The molecule has 0 aliphatic rings. The molecule has 0 spiro atoms. The molecule has 0 fully saturated rings. The van der Waals surface area contributed by atoms with Crippen molar-refractivity contribution in [1.82, 2.24) is 0 Å². The van der Waals surface area contributed by atoms with Crippen molar-refractivity contribution in [3.8, 4) is 0 Å². The fourth-order valence-corrected chi connectivity index (χ4v) is 0.102. The molecule has 0 N–H and O–H groups in total. The summed E-state index contributed by atoms with van der Waals surface area (Å²) in [6.07, 6.45) is 1.79. The summed E-state index contributed by atoms with van der Waals surface area (Å²) in [6.45, 7) is 5.53. The molecule has 0 saturated heterocycles. The fourth-order valence-electron chi connectivity index (χ4n) is 0.102. The maximum absolute atomic E-state index is 9.76. The Balaban J connectivity index is -0.000000180. The van der Waals surface area contributed by atoms with Crippen LogP contribution in [0.3, 0.4) is 0 Å². The van der Waals surface area contributed by atoms with Crippen LogP contribution >= 0.6 is 0 Å². The van der Waals surface area contributed by atoms with Gasteiger partial charge in [-0.2, -0.15) is 5.57 Å². The van der Waals surface area contributed by atoms with E-state index in [1.54, 1.807) is 13.2 Å². The van der Waals surface area contributed by atoms with Crippen molar-refractivity contribution >= 4 is 6.29 Å². The first-order chi connectivity index (χ1) is 3.18. The van der Waals surface area contributed by atoms with E-state index in [-0.39, 0.29) is 40.1 Å². The summed E-state index contributed by atoms with van der Waals surface area (Å²) in [4.78, 5) is 9.76. The normalized spacial score (nSPS) is 6.11. The average molecular weight is 201 g/mol. The third kappa shape index (κ3) is 8.51. The molecule has 0 bridgehead atoms. The Morgan fingerprint density at radius 3 is 1.56 bits per heavy atom. The second-order valence-corrected chi connectivity index (χ2v) is 1.73. The Morgan fingerprint density at radius 2 is 1.56 bits per heavy atom. The Kier molecular flexibility index (Phi) is 15.4. The van der Waals surface area contributed by atoms with Gasteiger partial charge in [0.05, 0.1) is 0 Å². The van der Waals surface area contributed by atoms with E-state index >= 15 is 0 Å². The minimum Gasteiger partial charge on any atom is -0.419 e. The number of carbonyl (C=O) groups excluding carboxylic acids is 1. The average Bonchev–Trinajstić information content (AvgIpc) is 1.65.